The first-order valence-corrected chi connectivity index (χ1v) is 9.36. The normalized spacial score (nSPS) is 14.3. The van der Waals surface area contributed by atoms with Gasteiger partial charge in [-0.3, -0.25) is 14.5 Å². The molecule has 3 rings (SSSR count). The van der Waals surface area contributed by atoms with Crippen LogP contribution in [0.2, 0.25) is 0 Å². The van der Waals surface area contributed by atoms with Crippen LogP contribution < -0.4 is 15.0 Å². The molecule has 0 spiro atoms. The van der Waals surface area contributed by atoms with Gasteiger partial charge in [0.25, 0.3) is 11.7 Å². The Labute approximate surface area is 177 Å². The molecule has 1 N–H and O–H groups in total. The third kappa shape index (κ3) is 4.44. The fraction of sp³-hybridized carbons (Fsp3) is 0.300. The molecule has 11 nitrogen and oxygen atoms in total. The molecule has 2 amide bonds. The third-order valence-corrected chi connectivity index (χ3v) is 4.39. The van der Waals surface area contributed by atoms with Crippen molar-refractivity contribution in [2.24, 2.45) is 0 Å². The highest BCUT2D eigenvalue weighted by Crippen LogP contribution is 2.37. The summed E-state index contributed by atoms with van der Waals surface area (Å²) in [4.78, 5) is 53.0. The Morgan fingerprint density at radius 1 is 1.26 bits per heavy atom. The van der Waals surface area contributed by atoms with Crippen LogP contribution in [0.5, 0.6) is 5.75 Å². The van der Waals surface area contributed by atoms with Gasteiger partial charge in [0.15, 0.2) is 11.4 Å². The van der Waals surface area contributed by atoms with Crippen LogP contribution in [-0.2, 0) is 14.3 Å². The van der Waals surface area contributed by atoms with Gasteiger partial charge >= 0.3 is 11.8 Å². The second-order valence-electron chi connectivity index (χ2n) is 7.07. The molecule has 1 aromatic carbocycles. The number of para-hydroxylation sites is 1. The molecular weight excluding hydrogens is 408 g/mol. The molecular formula is C20H20N4O7. The van der Waals surface area contributed by atoms with Crippen LogP contribution in [0.3, 0.4) is 0 Å². The molecule has 0 aliphatic carbocycles. The molecule has 1 aliphatic rings. The lowest BCUT2D eigenvalue weighted by molar-refractivity contribution is -0.389. The number of hydrogen-bond donors (Lipinski definition) is 1. The minimum atomic E-state index is -1.31. The number of nitrogens with one attached hydrogen (secondary N) is 1. The highest BCUT2D eigenvalue weighted by Gasteiger charge is 2.45. The van der Waals surface area contributed by atoms with Crippen molar-refractivity contribution in [3.8, 4) is 5.75 Å². The highest BCUT2D eigenvalue weighted by molar-refractivity contribution is 6.08. The smallest absolute Gasteiger partial charge is 0.366 e. The summed E-state index contributed by atoms with van der Waals surface area (Å²) >= 11 is 0. The Morgan fingerprint density at radius 2 is 1.97 bits per heavy atom. The molecule has 0 fully saturated rings. The number of esters is 1. The van der Waals surface area contributed by atoms with E-state index < -0.39 is 40.7 Å². The van der Waals surface area contributed by atoms with Crippen molar-refractivity contribution >= 4 is 35.1 Å². The molecule has 11 heteroatoms. The quantitative estimate of drug-likeness (QED) is 0.420. The Hall–Kier alpha value is -4.02. The molecule has 2 heterocycles. The number of carbonyl (C=O) groups excluding carboxylic acids is 3. The minimum absolute atomic E-state index is 0.132. The zero-order valence-corrected chi connectivity index (χ0v) is 17.1. The van der Waals surface area contributed by atoms with E-state index >= 15 is 0 Å². The Bertz CT molecular complexity index is 1070. The molecule has 2 aromatic rings. The van der Waals surface area contributed by atoms with E-state index in [1.54, 1.807) is 19.1 Å². The van der Waals surface area contributed by atoms with E-state index in [2.05, 4.69) is 10.3 Å². The van der Waals surface area contributed by atoms with Crippen LogP contribution in [0.15, 0.2) is 36.4 Å². The number of benzene rings is 1. The van der Waals surface area contributed by atoms with Crippen molar-refractivity contribution in [2.45, 2.75) is 26.4 Å². The number of pyridine rings is 1. The van der Waals surface area contributed by atoms with Crippen molar-refractivity contribution in [3.05, 3.63) is 52.1 Å². The Balaban J connectivity index is 1.89. The van der Waals surface area contributed by atoms with Gasteiger partial charge in [0.05, 0.1) is 17.9 Å². The summed E-state index contributed by atoms with van der Waals surface area (Å²) in [6.45, 7) is 4.36. The van der Waals surface area contributed by atoms with Gasteiger partial charge in [-0.15, -0.1) is 0 Å². The van der Waals surface area contributed by atoms with Crippen LogP contribution in [0, 0.1) is 10.1 Å². The van der Waals surface area contributed by atoms with Gasteiger partial charge < -0.3 is 24.9 Å². The summed E-state index contributed by atoms with van der Waals surface area (Å²) in [6.07, 6.45) is 0. The van der Waals surface area contributed by atoms with Crippen molar-refractivity contribution in [1.82, 2.24) is 4.98 Å². The van der Waals surface area contributed by atoms with Gasteiger partial charge in [0.1, 0.15) is 6.54 Å². The van der Waals surface area contributed by atoms with Crippen molar-refractivity contribution in [2.75, 3.05) is 23.4 Å². The number of aromatic nitrogens is 1. The maximum atomic E-state index is 12.9. The van der Waals surface area contributed by atoms with Crippen molar-refractivity contribution in [1.29, 1.82) is 0 Å². The van der Waals surface area contributed by atoms with Gasteiger partial charge in [0.2, 0.25) is 5.91 Å². The first-order chi connectivity index (χ1) is 14.6. The first kappa shape index (κ1) is 21.7. The lowest BCUT2D eigenvalue weighted by Crippen LogP contribution is -2.54. The summed E-state index contributed by atoms with van der Waals surface area (Å²) in [5.74, 6) is -2.33. The number of fused-ring (bicyclic) bond motifs is 1. The molecule has 0 atom stereocenters. The summed E-state index contributed by atoms with van der Waals surface area (Å²) < 4.78 is 10.6. The predicted molar refractivity (Wildman–Crippen MR) is 109 cm³/mol. The number of nitrogens with zero attached hydrogens (tertiary/aromatic N) is 3. The van der Waals surface area contributed by atoms with Gasteiger partial charge in [-0.2, -0.15) is 0 Å². The first-order valence-electron chi connectivity index (χ1n) is 9.36. The lowest BCUT2D eigenvalue weighted by Gasteiger charge is -2.35. The topological polar surface area (TPSA) is 141 Å². The lowest BCUT2D eigenvalue weighted by atomic mass is 10.1. The van der Waals surface area contributed by atoms with E-state index in [0.717, 1.165) is 11.0 Å². The zero-order valence-electron chi connectivity index (χ0n) is 17.1. The Morgan fingerprint density at radius 3 is 2.65 bits per heavy atom. The van der Waals surface area contributed by atoms with Gasteiger partial charge in [-0.05, 0) is 48.9 Å². The van der Waals surface area contributed by atoms with Gasteiger partial charge in [-0.1, -0.05) is 12.1 Å². The van der Waals surface area contributed by atoms with Gasteiger partial charge in [0, 0.05) is 6.07 Å². The predicted octanol–water partition coefficient (Wildman–Crippen LogP) is 2.31. The number of rotatable bonds is 6. The molecule has 0 unspecified atom stereocenters. The molecule has 1 aliphatic heterocycles. The van der Waals surface area contributed by atoms with Crippen molar-refractivity contribution < 1.29 is 28.8 Å². The minimum Gasteiger partial charge on any atom is -0.472 e. The maximum absolute atomic E-state index is 12.9. The average molecular weight is 428 g/mol. The number of nitro groups is 1. The molecule has 162 valence electrons. The fourth-order valence-electron chi connectivity index (χ4n) is 3.00. The largest absolute Gasteiger partial charge is 0.472 e. The van der Waals surface area contributed by atoms with E-state index in [1.165, 1.54) is 32.0 Å². The fourth-order valence-corrected chi connectivity index (χ4v) is 3.00. The molecule has 0 saturated heterocycles. The van der Waals surface area contributed by atoms with Gasteiger partial charge in [-0.25, -0.2) is 4.79 Å². The van der Waals surface area contributed by atoms with Crippen LogP contribution in [0.1, 0.15) is 31.1 Å². The second kappa shape index (κ2) is 8.38. The van der Waals surface area contributed by atoms with Crippen LogP contribution >= 0.6 is 0 Å². The standard InChI is InChI=1S/C20H20N4O7/c1-4-30-18(26)12-7-5-6-8-13(12)21-16(25)11-23-17-14(31-20(2,3)19(23)27)9-10-15(22-17)24(28)29/h5-10H,4,11H2,1-3H3,(H,21,25). The van der Waals surface area contributed by atoms with E-state index in [1.807, 2.05) is 0 Å². The summed E-state index contributed by atoms with van der Waals surface area (Å²) in [6, 6.07) is 8.74. The van der Waals surface area contributed by atoms with E-state index in [9.17, 15) is 24.5 Å². The molecule has 0 radical (unpaired) electrons. The van der Waals surface area contributed by atoms with Crippen LogP contribution in [0.4, 0.5) is 17.3 Å². The van der Waals surface area contributed by atoms with Crippen LogP contribution in [-0.4, -0.2) is 46.4 Å². The number of anilines is 2. The summed E-state index contributed by atoms with van der Waals surface area (Å²) in [5.41, 5.74) is -0.952. The SMILES string of the molecule is CCOC(=O)c1ccccc1NC(=O)CN1C(=O)C(C)(C)Oc2ccc([N+](=O)[O-])nc21. The molecule has 31 heavy (non-hydrogen) atoms. The monoisotopic (exact) mass is 428 g/mol. The number of ether oxygens (including phenoxy) is 2. The van der Waals surface area contributed by atoms with E-state index in [0.29, 0.717) is 0 Å². The van der Waals surface area contributed by atoms with E-state index in [-0.39, 0.29) is 29.4 Å². The van der Waals surface area contributed by atoms with E-state index in [4.69, 9.17) is 9.47 Å². The summed E-state index contributed by atoms with van der Waals surface area (Å²) in [5, 5.41) is 13.7. The number of carbonyl (C=O) groups is 3. The average Bonchev–Trinajstić information content (AvgIpc) is 2.71. The zero-order chi connectivity index (χ0) is 22.8. The second-order valence-corrected chi connectivity index (χ2v) is 7.07. The molecule has 0 saturated carbocycles. The number of amides is 2. The molecule has 1 aromatic heterocycles. The van der Waals surface area contributed by atoms with Crippen molar-refractivity contribution in [3.63, 3.8) is 0 Å². The third-order valence-electron chi connectivity index (χ3n) is 4.39. The van der Waals surface area contributed by atoms with Crippen LogP contribution in [0.25, 0.3) is 0 Å². The number of hydrogen-bond acceptors (Lipinski definition) is 8. The highest BCUT2D eigenvalue weighted by atomic mass is 16.6. The molecule has 0 bridgehead atoms. The summed E-state index contributed by atoms with van der Waals surface area (Å²) in [7, 11) is 0. The Kier molecular flexibility index (Phi) is 5.86. The maximum Gasteiger partial charge on any atom is 0.366 e.